The molecule has 0 radical (unpaired) electrons. The minimum atomic E-state index is -0.464. The van der Waals surface area contributed by atoms with E-state index in [1.807, 2.05) is 53.1 Å². The van der Waals surface area contributed by atoms with Crippen molar-refractivity contribution in [3.8, 4) is 23.1 Å². The molecule has 0 atom stereocenters. The number of carbonyl (C=O) groups excluding carboxylic acids is 1. The minimum Gasteiger partial charge on any atom is -0.471 e. The molecule has 0 saturated heterocycles. The first-order valence-corrected chi connectivity index (χ1v) is 12.8. The molecule has 4 heterocycles. The quantitative estimate of drug-likeness (QED) is 0.243. The molecule has 2 aromatic carbocycles. The van der Waals surface area contributed by atoms with E-state index in [-0.39, 0.29) is 12.6 Å². The van der Waals surface area contributed by atoms with Crippen LogP contribution in [0.15, 0.2) is 97.7 Å². The average Bonchev–Trinajstić information content (AvgIpc) is 3.66. The van der Waals surface area contributed by atoms with E-state index in [0.29, 0.717) is 35.8 Å². The van der Waals surface area contributed by atoms with Crippen LogP contribution in [0, 0.1) is 0 Å². The Balaban J connectivity index is 1.34. The lowest BCUT2D eigenvalue weighted by Crippen LogP contribution is -2.08. The first-order valence-electron chi connectivity index (χ1n) is 12.8. The van der Waals surface area contributed by atoms with E-state index in [0.717, 1.165) is 22.4 Å². The zero-order chi connectivity index (χ0) is 27.3. The lowest BCUT2D eigenvalue weighted by molar-refractivity contribution is 0.0526. The Morgan fingerprint density at radius 3 is 2.50 bits per heavy atom. The molecule has 0 saturated carbocycles. The van der Waals surface area contributed by atoms with Crippen LogP contribution in [-0.2, 0) is 17.9 Å². The Hall–Kier alpha value is -5.38. The van der Waals surface area contributed by atoms with E-state index >= 15 is 0 Å². The molecular formula is C30H25N7O3. The normalized spacial score (nSPS) is 11.0. The molecule has 4 aromatic heterocycles. The van der Waals surface area contributed by atoms with Crippen molar-refractivity contribution >= 4 is 17.1 Å². The second kappa shape index (κ2) is 11.2. The summed E-state index contributed by atoms with van der Waals surface area (Å²) in [5.74, 6) is 0.129. The van der Waals surface area contributed by atoms with Gasteiger partial charge in [0.05, 0.1) is 30.4 Å². The van der Waals surface area contributed by atoms with Gasteiger partial charge in [-0.05, 0) is 30.2 Å². The topological polar surface area (TPSA) is 110 Å². The highest BCUT2D eigenvalue weighted by Crippen LogP contribution is 2.26. The number of esters is 1. The van der Waals surface area contributed by atoms with Crippen molar-refractivity contribution in [2.75, 3.05) is 6.61 Å². The molecule has 0 aliphatic heterocycles. The van der Waals surface area contributed by atoms with E-state index in [4.69, 9.17) is 9.47 Å². The number of fused-ring (bicyclic) bond motifs is 1. The van der Waals surface area contributed by atoms with Crippen LogP contribution in [0.25, 0.3) is 28.4 Å². The molecule has 0 amide bonds. The molecule has 0 fully saturated rings. The summed E-state index contributed by atoms with van der Waals surface area (Å²) in [5, 5.41) is 4.26. The lowest BCUT2D eigenvalue weighted by Gasteiger charge is -2.11. The number of benzene rings is 2. The fraction of sp³-hybridized carbons (Fsp3) is 0.133. The Morgan fingerprint density at radius 2 is 1.73 bits per heavy atom. The standard InChI is InChI=1S/C30H25N7O3/c1-2-39-29(38)24-16-33-37(18-24)30-34-27-26(28(35-30)40-19-22-8-4-3-5-9-22)36(20-32-27)17-21-11-13-23(14-12-21)25-10-6-7-15-31-25/h3-16,18,20H,2,17,19H2,1H3. The summed E-state index contributed by atoms with van der Waals surface area (Å²) in [7, 11) is 0. The fourth-order valence-corrected chi connectivity index (χ4v) is 4.25. The van der Waals surface area contributed by atoms with Gasteiger partial charge in [0, 0.05) is 24.5 Å². The number of pyridine rings is 1. The molecule has 10 nitrogen and oxygen atoms in total. The van der Waals surface area contributed by atoms with Gasteiger partial charge in [-0.25, -0.2) is 14.5 Å². The van der Waals surface area contributed by atoms with Crippen LogP contribution in [0.4, 0.5) is 0 Å². The SMILES string of the molecule is CCOC(=O)c1cnn(-c2nc(OCc3ccccc3)c3c(ncn3Cc3ccc(-c4ccccn4)cc3)n2)c1. The average molecular weight is 532 g/mol. The molecule has 6 aromatic rings. The van der Waals surface area contributed by atoms with Crippen molar-refractivity contribution in [3.63, 3.8) is 0 Å². The van der Waals surface area contributed by atoms with Crippen molar-refractivity contribution < 1.29 is 14.3 Å². The van der Waals surface area contributed by atoms with Crippen LogP contribution in [-0.4, -0.2) is 46.9 Å². The first-order chi connectivity index (χ1) is 19.7. The maximum atomic E-state index is 12.1. The lowest BCUT2D eigenvalue weighted by atomic mass is 10.1. The molecule has 0 bridgehead atoms. The van der Waals surface area contributed by atoms with Crippen LogP contribution in [0.2, 0.25) is 0 Å². The molecule has 0 spiro atoms. The Bertz CT molecular complexity index is 1750. The predicted molar refractivity (Wildman–Crippen MR) is 148 cm³/mol. The highest BCUT2D eigenvalue weighted by Gasteiger charge is 2.18. The zero-order valence-corrected chi connectivity index (χ0v) is 21.7. The zero-order valence-electron chi connectivity index (χ0n) is 21.7. The molecular weight excluding hydrogens is 506 g/mol. The van der Waals surface area contributed by atoms with Gasteiger partial charge in [0.1, 0.15) is 6.61 Å². The van der Waals surface area contributed by atoms with Gasteiger partial charge in [-0.1, -0.05) is 60.7 Å². The highest BCUT2D eigenvalue weighted by atomic mass is 16.5. The van der Waals surface area contributed by atoms with Gasteiger partial charge in [0.2, 0.25) is 5.88 Å². The van der Waals surface area contributed by atoms with Crippen LogP contribution >= 0.6 is 0 Å². The van der Waals surface area contributed by atoms with E-state index < -0.39 is 5.97 Å². The number of rotatable bonds is 9. The molecule has 40 heavy (non-hydrogen) atoms. The monoisotopic (exact) mass is 531 g/mol. The van der Waals surface area contributed by atoms with E-state index in [1.54, 1.807) is 19.4 Å². The van der Waals surface area contributed by atoms with Crippen LogP contribution in [0.3, 0.4) is 0 Å². The summed E-state index contributed by atoms with van der Waals surface area (Å²) < 4.78 is 14.7. The van der Waals surface area contributed by atoms with Gasteiger partial charge < -0.3 is 14.0 Å². The number of imidazole rings is 1. The van der Waals surface area contributed by atoms with Gasteiger partial charge >= 0.3 is 5.97 Å². The number of hydrogen-bond donors (Lipinski definition) is 0. The van der Waals surface area contributed by atoms with Crippen molar-refractivity contribution in [2.24, 2.45) is 0 Å². The molecule has 0 aliphatic carbocycles. The van der Waals surface area contributed by atoms with E-state index in [9.17, 15) is 4.79 Å². The largest absolute Gasteiger partial charge is 0.471 e. The summed E-state index contributed by atoms with van der Waals surface area (Å²) in [4.78, 5) is 30.4. The number of aromatic nitrogens is 7. The van der Waals surface area contributed by atoms with Crippen LogP contribution < -0.4 is 4.74 Å². The number of nitrogens with zero attached hydrogens (tertiary/aromatic N) is 7. The summed E-state index contributed by atoms with van der Waals surface area (Å²) in [6.45, 7) is 2.87. The van der Waals surface area contributed by atoms with Crippen LogP contribution in [0.1, 0.15) is 28.4 Å². The van der Waals surface area contributed by atoms with Gasteiger partial charge in [0.15, 0.2) is 11.2 Å². The summed E-state index contributed by atoms with van der Waals surface area (Å²) in [6, 6.07) is 23.9. The van der Waals surface area contributed by atoms with Crippen molar-refractivity contribution in [3.05, 3.63) is 114 Å². The molecule has 10 heteroatoms. The second-order valence-electron chi connectivity index (χ2n) is 8.95. The molecule has 198 valence electrons. The summed E-state index contributed by atoms with van der Waals surface area (Å²) in [6.07, 6.45) is 6.45. The summed E-state index contributed by atoms with van der Waals surface area (Å²) in [5.41, 5.74) is 5.44. The number of ether oxygens (including phenoxy) is 2. The Kier molecular flexibility index (Phi) is 6.95. The third-order valence-corrected chi connectivity index (χ3v) is 6.21. The predicted octanol–water partition coefficient (Wildman–Crippen LogP) is 4.88. The Morgan fingerprint density at radius 1 is 0.900 bits per heavy atom. The van der Waals surface area contributed by atoms with Crippen LogP contribution in [0.5, 0.6) is 5.88 Å². The maximum Gasteiger partial charge on any atom is 0.341 e. The number of hydrogen-bond acceptors (Lipinski definition) is 8. The van der Waals surface area contributed by atoms with Crippen molar-refractivity contribution in [2.45, 2.75) is 20.1 Å². The van der Waals surface area contributed by atoms with E-state index in [1.165, 1.54) is 17.1 Å². The van der Waals surface area contributed by atoms with Crippen molar-refractivity contribution in [1.29, 1.82) is 0 Å². The smallest absolute Gasteiger partial charge is 0.341 e. The van der Waals surface area contributed by atoms with E-state index in [2.05, 4.69) is 49.3 Å². The molecule has 0 N–H and O–H groups in total. The third kappa shape index (κ3) is 5.28. The molecule has 0 unspecified atom stereocenters. The third-order valence-electron chi connectivity index (χ3n) is 6.21. The fourth-order valence-electron chi connectivity index (χ4n) is 4.25. The highest BCUT2D eigenvalue weighted by molar-refractivity contribution is 5.88. The molecule has 0 aliphatic rings. The van der Waals surface area contributed by atoms with Gasteiger partial charge in [-0.15, -0.1) is 0 Å². The minimum absolute atomic E-state index is 0.232. The first kappa shape index (κ1) is 24.9. The van der Waals surface area contributed by atoms with Crippen molar-refractivity contribution in [1.82, 2.24) is 34.3 Å². The number of carbonyl (C=O) groups is 1. The Labute approximate surface area is 229 Å². The summed E-state index contributed by atoms with van der Waals surface area (Å²) >= 11 is 0. The second-order valence-corrected chi connectivity index (χ2v) is 8.95. The maximum absolute atomic E-state index is 12.1. The molecule has 6 rings (SSSR count). The van der Waals surface area contributed by atoms with Gasteiger partial charge in [-0.3, -0.25) is 4.98 Å². The van der Waals surface area contributed by atoms with Gasteiger partial charge in [0.25, 0.3) is 5.95 Å². The van der Waals surface area contributed by atoms with Gasteiger partial charge in [-0.2, -0.15) is 15.1 Å².